The van der Waals surface area contributed by atoms with E-state index in [4.69, 9.17) is 16.6 Å². The number of nitrogens with zero attached hydrogens (tertiary/aromatic N) is 2. The largest absolute Gasteiger partial charge is 0.478 e. The molecule has 10 nitrogen and oxygen atoms in total. The zero-order valence-corrected chi connectivity index (χ0v) is 23.6. The number of carboxylic acid groups (broad SMARTS) is 2. The first-order chi connectivity index (χ1) is 20.1. The van der Waals surface area contributed by atoms with Gasteiger partial charge in [0, 0.05) is 30.4 Å². The molecule has 214 valence electrons. The van der Waals surface area contributed by atoms with Gasteiger partial charge in [-0.05, 0) is 85.7 Å². The van der Waals surface area contributed by atoms with Crippen molar-refractivity contribution in [2.45, 2.75) is 32.4 Å². The third-order valence-electron chi connectivity index (χ3n) is 7.07. The molecule has 5 rings (SSSR count). The van der Waals surface area contributed by atoms with Gasteiger partial charge < -0.3 is 30.2 Å². The Morgan fingerprint density at radius 1 is 1.00 bits per heavy atom. The molecule has 1 aliphatic rings. The molecule has 0 radical (unpaired) electrons. The molecule has 3 heterocycles. The lowest BCUT2D eigenvalue weighted by molar-refractivity contribution is -0.116. The minimum Gasteiger partial charge on any atom is -0.478 e. The van der Waals surface area contributed by atoms with E-state index in [1.807, 2.05) is 55.1 Å². The molecule has 42 heavy (non-hydrogen) atoms. The molecular formula is C31H28N4O6S. The van der Waals surface area contributed by atoms with E-state index in [2.05, 4.69) is 15.6 Å². The van der Waals surface area contributed by atoms with Gasteiger partial charge in [-0.2, -0.15) is 0 Å². The van der Waals surface area contributed by atoms with E-state index >= 15 is 0 Å². The molecule has 0 unspecified atom stereocenters. The van der Waals surface area contributed by atoms with Crippen LogP contribution in [0.4, 0.5) is 5.69 Å². The lowest BCUT2D eigenvalue weighted by atomic mass is 10.0. The second-order valence-corrected chi connectivity index (χ2v) is 10.4. The Morgan fingerprint density at radius 2 is 1.74 bits per heavy atom. The monoisotopic (exact) mass is 584 g/mol. The molecule has 0 aliphatic carbocycles. The molecule has 1 fully saturated rings. The van der Waals surface area contributed by atoms with Gasteiger partial charge in [0.15, 0.2) is 5.11 Å². The number of benzene rings is 2. The zero-order valence-electron chi connectivity index (χ0n) is 22.8. The number of furan rings is 1. The molecule has 11 heteroatoms. The highest BCUT2D eigenvalue weighted by molar-refractivity contribution is 7.80. The summed E-state index contributed by atoms with van der Waals surface area (Å²) in [7, 11) is 0. The van der Waals surface area contributed by atoms with Crippen LogP contribution in [0.5, 0.6) is 0 Å². The van der Waals surface area contributed by atoms with Gasteiger partial charge in [-0.3, -0.25) is 9.78 Å². The SMILES string of the molecule is Cc1ccc(C)c(NC(=O)CCN2C(=S)N[C@@H](c3ccccn3)[C@H]2c2ccc(-c3cc(C(=O)O)cc(C(=O)O)c3)o2)c1. The van der Waals surface area contributed by atoms with Crippen LogP contribution in [0, 0.1) is 13.8 Å². The summed E-state index contributed by atoms with van der Waals surface area (Å²) in [6, 6.07) is 17.7. The van der Waals surface area contributed by atoms with Gasteiger partial charge in [0.2, 0.25) is 5.91 Å². The Kier molecular flexibility index (Phi) is 8.03. The number of pyridine rings is 1. The first-order valence-corrected chi connectivity index (χ1v) is 13.6. The van der Waals surface area contributed by atoms with Crippen LogP contribution in [0.2, 0.25) is 0 Å². The maximum Gasteiger partial charge on any atom is 0.335 e. The first-order valence-electron chi connectivity index (χ1n) is 13.2. The van der Waals surface area contributed by atoms with Crippen LogP contribution >= 0.6 is 12.2 Å². The van der Waals surface area contributed by atoms with Crippen LogP contribution in [0.1, 0.15) is 61.8 Å². The summed E-state index contributed by atoms with van der Waals surface area (Å²) < 4.78 is 6.23. The van der Waals surface area contributed by atoms with Gasteiger partial charge in [0.05, 0.1) is 22.9 Å². The minimum absolute atomic E-state index is 0.150. The molecular weight excluding hydrogens is 556 g/mol. The summed E-state index contributed by atoms with van der Waals surface area (Å²) in [4.78, 5) is 42.6. The number of aromatic nitrogens is 1. The van der Waals surface area contributed by atoms with E-state index < -0.39 is 24.0 Å². The molecule has 2 atom stereocenters. The Balaban J connectivity index is 1.45. The van der Waals surface area contributed by atoms with Crippen molar-refractivity contribution < 1.29 is 29.0 Å². The summed E-state index contributed by atoms with van der Waals surface area (Å²) >= 11 is 5.69. The molecule has 1 saturated heterocycles. The number of anilines is 1. The number of hydrogen-bond donors (Lipinski definition) is 4. The van der Waals surface area contributed by atoms with E-state index in [1.165, 1.54) is 12.1 Å². The third kappa shape index (κ3) is 6.01. The smallest absolute Gasteiger partial charge is 0.335 e. The Labute approximate surface area is 247 Å². The number of carbonyl (C=O) groups excluding carboxylic acids is 1. The highest BCUT2D eigenvalue weighted by atomic mass is 32.1. The van der Waals surface area contributed by atoms with E-state index in [1.54, 1.807) is 18.3 Å². The second-order valence-electron chi connectivity index (χ2n) is 10.0. The molecule has 4 N–H and O–H groups in total. The number of amides is 1. The zero-order chi connectivity index (χ0) is 30.0. The molecule has 2 aromatic carbocycles. The lowest BCUT2D eigenvalue weighted by Crippen LogP contribution is -2.32. The fourth-order valence-electron chi connectivity index (χ4n) is 4.94. The highest BCUT2D eigenvalue weighted by Crippen LogP contribution is 2.40. The van der Waals surface area contributed by atoms with E-state index in [-0.39, 0.29) is 30.0 Å². The van der Waals surface area contributed by atoms with Gasteiger partial charge in [0.1, 0.15) is 17.6 Å². The quantitative estimate of drug-likeness (QED) is 0.190. The van der Waals surface area contributed by atoms with Crippen LogP contribution in [-0.2, 0) is 4.79 Å². The summed E-state index contributed by atoms with van der Waals surface area (Å²) in [5.74, 6) is -1.89. The second kappa shape index (κ2) is 11.8. The number of thiocarbonyl (C=S) groups is 1. The number of carboxylic acids is 2. The fourth-order valence-corrected chi connectivity index (χ4v) is 5.28. The van der Waals surface area contributed by atoms with Crippen molar-refractivity contribution in [3.8, 4) is 11.3 Å². The van der Waals surface area contributed by atoms with Crippen LogP contribution in [0.15, 0.2) is 77.3 Å². The van der Waals surface area contributed by atoms with Crippen molar-refractivity contribution >= 4 is 40.9 Å². The predicted octanol–water partition coefficient (Wildman–Crippen LogP) is 5.36. The van der Waals surface area contributed by atoms with Crippen molar-refractivity contribution in [2.24, 2.45) is 0 Å². The minimum atomic E-state index is -1.25. The Morgan fingerprint density at radius 3 is 2.40 bits per heavy atom. The highest BCUT2D eigenvalue weighted by Gasteiger charge is 2.41. The predicted molar refractivity (Wildman–Crippen MR) is 159 cm³/mol. The van der Waals surface area contributed by atoms with Crippen LogP contribution in [-0.4, -0.2) is 49.6 Å². The number of nitrogens with one attached hydrogen (secondary N) is 2. The topological polar surface area (TPSA) is 145 Å². The van der Waals surface area contributed by atoms with Crippen molar-refractivity contribution in [2.75, 3.05) is 11.9 Å². The van der Waals surface area contributed by atoms with Gasteiger partial charge in [-0.25, -0.2) is 9.59 Å². The van der Waals surface area contributed by atoms with Crippen LogP contribution < -0.4 is 10.6 Å². The van der Waals surface area contributed by atoms with Gasteiger partial charge >= 0.3 is 11.9 Å². The molecule has 4 aromatic rings. The number of hydrogen-bond acceptors (Lipinski definition) is 6. The van der Waals surface area contributed by atoms with Crippen molar-refractivity contribution in [3.05, 3.63) is 107 Å². The normalized spacial score (nSPS) is 16.2. The molecule has 2 aromatic heterocycles. The Bertz CT molecular complexity index is 1650. The average Bonchev–Trinajstić information content (AvgIpc) is 3.58. The first kappa shape index (κ1) is 28.5. The molecule has 0 saturated carbocycles. The van der Waals surface area contributed by atoms with Crippen LogP contribution in [0.3, 0.4) is 0 Å². The summed E-state index contributed by atoms with van der Waals surface area (Å²) in [5, 5.41) is 25.7. The summed E-state index contributed by atoms with van der Waals surface area (Å²) in [6.45, 7) is 4.18. The number of carbonyl (C=O) groups is 3. The Hall–Kier alpha value is -5.03. The summed E-state index contributed by atoms with van der Waals surface area (Å²) in [6.07, 6.45) is 1.83. The molecule has 1 amide bonds. The van der Waals surface area contributed by atoms with Crippen molar-refractivity contribution in [1.82, 2.24) is 15.2 Å². The fraction of sp³-hybridized carbons (Fsp3) is 0.194. The molecule has 0 spiro atoms. The van der Waals surface area contributed by atoms with E-state index in [9.17, 15) is 24.6 Å². The molecule has 1 aliphatic heterocycles. The van der Waals surface area contributed by atoms with Crippen molar-refractivity contribution in [1.29, 1.82) is 0 Å². The lowest BCUT2D eigenvalue weighted by Gasteiger charge is -2.26. The number of aryl methyl sites for hydroxylation is 2. The van der Waals surface area contributed by atoms with Gasteiger partial charge in [-0.1, -0.05) is 18.2 Å². The maximum absolute atomic E-state index is 13.0. The number of rotatable bonds is 9. The number of aromatic carboxylic acids is 2. The van der Waals surface area contributed by atoms with Gasteiger partial charge in [0.25, 0.3) is 0 Å². The molecule has 0 bridgehead atoms. The maximum atomic E-state index is 13.0. The standard InChI is InChI=1S/C31H28N4O6S/c1-17-6-7-18(2)23(13-17)33-26(36)10-12-35-28(27(34-31(35)42)22-5-3-4-11-32-22)25-9-8-24(41-25)19-14-20(29(37)38)16-21(15-19)30(39)40/h3-9,11,13-16,27-28H,10,12H2,1-2H3,(H,33,36)(H,34,42)(H,37,38)(H,39,40)/t27-,28+/m0/s1. The van der Waals surface area contributed by atoms with Gasteiger partial charge in [-0.15, -0.1) is 0 Å². The average molecular weight is 585 g/mol. The van der Waals surface area contributed by atoms with Crippen molar-refractivity contribution in [3.63, 3.8) is 0 Å². The van der Waals surface area contributed by atoms with Crippen LogP contribution in [0.25, 0.3) is 11.3 Å². The van der Waals surface area contributed by atoms with E-state index in [0.717, 1.165) is 22.9 Å². The third-order valence-corrected chi connectivity index (χ3v) is 7.43. The summed E-state index contributed by atoms with van der Waals surface area (Å²) in [5.41, 5.74) is 3.43. The van der Waals surface area contributed by atoms with E-state index in [0.29, 0.717) is 27.9 Å².